The van der Waals surface area contributed by atoms with E-state index in [0.717, 1.165) is 36.5 Å². The van der Waals surface area contributed by atoms with Gasteiger partial charge in [-0.25, -0.2) is 4.68 Å². The van der Waals surface area contributed by atoms with Gasteiger partial charge in [-0.1, -0.05) is 56.6 Å². The summed E-state index contributed by atoms with van der Waals surface area (Å²) < 4.78 is 4.40. The van der Waals surface area contributed by atoms with E-state index in [-0.39, 0.29) is 17.2 Å². The normalized spacial score (nSPS) is 17.3. The number of amides is 1. The van der Waals surface area contributed by atoms with Crippen molar-refractivity contribution in [1.29, 1.82) is 0 Å². The Labute approximate surface area is 205 Å². The summed E-state index contributed by atoms with van der Waals surface area (Å²) in [5.74, 6) is 0.400. The summed E-state index contributed by atoms with van der Waals surface area (Å²) in [4.78, 5) is 13.9. The van der Waals surface area contributed by atoms with Gasteiger partial charge in [-0.3, -0.25) is 14.3 Å². The number of halogens is 1. The fraction of sp³-hybridized carbons (Fsp3) is 0.400. The van der Waals surface area contributed by atoms with Gasteiger partial charge in [0.1, 0.15) is 0 Å². The van der Waals surface area contributed by atoms with E-state index in [2.05, 4.69) is 49.9 Å². The zero-order valence-corrected chi connectivity index (χ0v) is 20.9. The Morgan fingerprint density at radius 3 is 2.42 bits per heavy atom. The van der Waals surface area contributed by atoms with E-state index in [1.807, 2.05) is 33.5 Å². The molecule has 0 radical (unpaired) electrons. The second kappa shape index (κ2) is 9.41. The Kier molecular flexibility index (Phi) is 6.75. The van der Waals surface area contributed by atoms with Crippen LogP contribution in [0.2, 0.25) is 5.02 Å². The fourth-order valence-electron chi connectivity index (χ4n) is 4.23. The minimum Gasteiger partial charge on any atom is -0.369 e. The minimum absolute atomic E-state index is 0.0679. The average Bonchev–Trinajstić information content (AvgIpc) is 3.10. The van der Waals surface area contributed by atoms with Gasteiger partial charge >= 0.3 is 0 Å². The number of piperidine rings is 1. The molecular weight excluding hydrogens is 454 g/mol. The lowest BCUT2D eigenvalue weighted by Crippen LogP contribution is -2.42. The number of hydrogen-bond donors (Lipinski definition) is 1. The van der Waals surface area contributed by atoms with Gasteiger partial charge in [-0.05, 0) is 66.8 Å². The molecule has 6 nitrogen and oxygen atoms in total. The Morgan fingerprint density at radius 2 is 1.82 bits per heavy atom. The van der Waals surface area contributed by atoms with E-state index in [1.165, 1.54) is 5.56 Å². The predicted octanol–water partition coefficient (Wildman–Crippen LogP) is 5.18. The number of nitrogens with two attached hydrogens (primary N) is 1. The van der Waals surface area contributed by atoms with E-state index < -0.39 is 0 Å². The number of carbonyl (C=O) groups excluding carboxylic acids is 1. The number of nitrogens with zero attached hydrogens (tertiary/aromatic N) is 4. The molecule has 8 heteroatoms. The molecule has 2 N–H and O–H groups in total. The Bertz CT molecular complexity index is 1190. The first-order valence-corrected chi connectivity index (χ1v) is 12.0. The topological polar surface area (TPSA) is 69.1 Å². The van der Waals surface area contributed by atoms with Crippen LogP contribution >= 0.6 is 23.8 Å². The van der Waals surface area contributed by atoms with Crippen molar-refractivity contribution in [2.45, 2.75) is 45.7 Å². The maximum absolute atomic E-state index is 11.7. The third kappa shape index (κ3) is 5.21. The maximum Gasteiger partial charge on any atom is 0.221 e. The number of rotatable bonds is 5. The van der Waals surface area contributed by atoms with Crippen LogP contribution in [0.25, 0.3) is 17.1 Å². The monoisotopic (exact) mass is 483 g/mol. The molecule has 0 spiro atoms. The van der Waals surface area contributed by atoms with Crippen LogP contribution in [-0.4, -0.2) is 38.2 Å². The molecule has 1 saturated heterocycles. The SMILES string of the molecule is CC(C)(C)c1ccc(-c2nn(CN3CCC[C@@H](C(N)=O)C3)c(=S)n2-c2ccc(Cl)cc2)cc1. The molecule has 2 aromatic carbocycles. The molecule has 0 saturated carbocycles. The highest BCUT2D eigenvalue weighted by Crippen LogP contribution is 2.28. The van der Waals surface area contributed by atoms with Crippen molar-refractivity contribution < 1.29 is 4.79 Å². The molecule has 4 rings (SSSR count). The molecule has 1 atom stereocenters. The summed E-state index contributed by atoms with van der Waals surface area (Å²) in [5.41, 5.74) is 8.77. The van der Waals surface area contributed by atoms with E-state index >= 15 is 0 Å². The molecule has 1 aromatic heterocycles. The van der Waals surface area contributed by atoms with Gasteiger partial charge in [-0.15, -0.1) is 5.10 Å². The van der Waals surface area contributed by atoms with Crippen LogP contribution in [-0.2, 0) is 16.9 Å². The lowest BCUT2D eigenvalue weighted by Gasteiger charge is -2.30. The summed E-state index contributed by atoms with van der Waals surface area (Å²) in [7, 11) is 0. The summed E-state index contributed by atoms with van der Waals surface area (Å²) in [6, 6.07) is 16.1. The first-order valence-electron chi connectivity index (χ1n) is 11.2. The molecule has 174 valence electrons. The minimum atomic E-state index is -0.241. The molecule has 1 amide bonds. The summed E-state index contributed by atoms with van der Waals surface area (Å²) >= 11 is 12.0. The number of carbonyl (C=O) groups is 1. The summed E-state index contributed by atoms with van der Waals surface area (Å²) in [5, 5.41) is 5.59. The number of hydrogen-bond acceptors (Lipinski definition) is 4. The third-order valence-electron chi connectivity index (χ3n) is 6.18. The molecule has 33 heavy (non-hydrogen) atoms. The van der Waals surface area contributed by atoms with Gasteiger partial charge in [0.2, 0.25) is 10.7 Å². The fourth-order valence-corrected chi connectivity index (χ4v) is 4.65. The standard InChI is InChI=1S/C25H30ClN5OS/c1-25(2,3)19-8-6-17(7-9-19)23-28-30(16-29-14-4-5-18(15-29)22(27)32)24(33)31(23)21-12-10-20(26)11-13-21/h6-13,18H,4-5,14-16H2,1-3H3,(H2,27,32)/t18-/m1/s1. The van der Waals surface area contributed by atoms with Crippen molar-refractivity contribution in [3.63, 3.8) is 0 Å². The van der Waals surface area contributed by atoms with Crippen molar-refractivity contribution in [3.05, 3.63) is 63.9 Å². The second-order valence-electron chi connectivity index (χ2n) is 9.70. The smallest absolute Gasteiger partial charge is 0.221 e. The number of aromatic nitrogens is 3. The van der Waals surface area contributed by atoms with Crippen LogP contribution in [0.4, 0.5) is 0 Å². The van der Waals surface area contributed by atoms with Crippen molar-refractivity contribution in [2.75, 3.05) is 13.1 Å². The predicted molar refractivity (Wildman–Crippen MR) is 135 cm³/mol. The van der Waals surface area contributed by atoms with E-state index in [0.29, 0.717) is 23.0 Å². The number of primary amides is 1. The molecular formula is C25H30ClN5OS. The van der Waals surface area contributed by atoms with Crippen molar-refractivity contribution in [1.82, 2.24) is 19.2 Å². The van der Waals surface area contributed by atoms with Gasteiger partial charge < -0.3 is 5.73 Å². The average molecular weight is 484 g/mol. The Balaban J connectivity index is 1.74. The van der Waals surface area contributed by atoms with Crippen molar-refractivity contribution in [3.8, 4) is 17.1 Å². The quantitative estimate of drug-likeness (QED) is 0.508. The summed E-state index contributed by atoms with van der Waals surface area (Å²) in [6.45, 7) is 8.61. The lowest BCUT2D eigenvalue weighted by atomic mass is 9.87. The third-order valence-corrected chi connectivity index (χ3v) is 6.82. The molecule has 3 aromatic rings. The van der Waals surface area contributed by atoms with Crippen LogP contribution < -0.4 is 5.73 Å². The van der Waals surface area contributed by atoms with Crippen molar-refractivity contribution >= 4 is 29.7 Å². The number of benzene rings is 2. The molecule has 0 aliphatic carbocycles. The first kappa shape index (κ1) is 23.7. The molecule has 0 bridgehead atoms. The number of likely N-dealkylation sites (tertiary alicyclic amines) is 1. The van der Waals surface area contributed by atoms with Crippen LogP contribution in [0.5, 0.6) is 0 Å². The molecule has 1 aliphatic heterocycles. The van der Waals surface area contributed by atoms with E-state index in [9.17, 15) is 4.79 Å². The zero-order valence-electron chi connectivity index (χ0n) is 19.3. The van der Waals surface area contributed by atoms with E-state index in [1.54, 1.807) is 0 Å². The molecule has 1 fully saturated rings. The maximum atomic E-state index is 11.7. The van der Waals surface area contributed by atoms with E-state index in [4.69, 9.17) is 34.7 Å². The van der Waals surface area contributed by atoms with Crippen LogP contribution in [0.1, 0.15) is 39.2 Å². The highest BCUT2D eigenvalue weighted by atomic mass is 35.5. The van der Waals surface area contributed by atoms with Crippen LogP contribution in [0, 0.1) is 10.7 Å². The van der Waals surface area contributed by atoms with Gasteiger partial charge in [0.25, 0.3) is 0 Å². The van der Waals surface area contributed by atoms with Gasteiger partial charge in [-0.2, -0.15) is 0 Å². The zero-order chi connectivity index (χ0) is 23.8. The van der Waals surface area contributed by atoms with Crippen LogP contribution in [0.3, 0.4) is 0 Å². The largest absolute Gasteiger partial charge is 0.369 e. The van der Waals surface area contributed by atoms with Gasteiger partial charge in [0, 0.05) is 17.1 Å². The lowest BCUT2D eigenvalue weighted by molar-refractivity contribution is -0.123. The van der Waals surface area contributed by atoms with Crippen molar-refractivity contribution in [2.24, 2.45) is 11.7 Å². The summed E-state index contributed by atoms with van der Waals surface area (Å²) in [6.07, 6.45) is 1.77. The molecule has 0 unspecified atom stereocenters. The highest BCUT2D eigenvalue weighted by Gasteiger charge is 2.25. The highest BCUT2D eigenvalue weighted by molar-refractivity contribution is 7.71. The second-order valence-corrected chi connectivity index (χ2v) is 10.5. The molecule has 1 aliphatic rings. The molecule has 2 heterocycles. The Hall–Kier alpha value is -2.48. The van der Waals surface area contributed by atoms with Gasteiger partial charge in [0.05, 0.1) is 18.3 Å². The Morgan fingerprint density at radius 1 is 1.15 bits per heavy atom. The van der Waals surface area contributed by atoms with Gasteiger partial charge in [0.15, 0.2) is 5.82 Å². The van der Waals surface area contributed by atoms with Crippen LogP contribution in [0.15, 0.2) is 48.5 Å². The first-order chi connectivity index (χ1) is 15.6.